The smallest absolute Gasteiger partial charge is 0.410 e. The van der Waals surface area contributed by atoms with E-state index in [-0.39, 0.29) is 83.8 Å². The fraction of sp³-hybridized carbons (Fsp3) is 0.314. The highest BCUT2D eigenvalue weighted by Crippen LogP contribution is 2.41. The first-order valence-corrected chi connectivity index (χ1v) is 42.1. The van der Waals surface area contributed by atoms with Gasteiger partial charge in [0.15, 0.2) is 37.2 Å². The summed E-state index contributed by atoms with van der Waals surface area (Å²) in [5, 5.41) is 0. The third-order valence-electron chi connectivity index (χ3n) is 21.4. The minimum absolute atomic E-state index is 0.0403. The normalized spacial score (nSPS) is 22.4. The Morgan fingerprint density at radius 1 is 0.298 bits per heavy atom. The average molecular weight is 1680 g/mol. The maximum atomic E-state index is 15.2. The van der Waals surface area contributed by atoms with Crippen LogP contribution in [0.5, 0.6) is 0 Å². The van der Waals surface area contributed by atoms with Crippen molar-refractivity contribution in [1.29, 1.82) is 0 Å². The van der Waals surface area contributed by atoms with Gasteiger partial charge >= 0.3 is 24.0 Å². The third kappa shape index (κ3) is 26.1. The van der Waals surface area contributed by atoms with Gasteiger partial charge in [0.05, 0.1) is 77.7 Å². The number of benzene rings is 11. The summed E-state index contributed by atoms with van der Waals surface area (Å²) in [5.41, 5.74) is 7.70. The van der Waals surface area contributed by atoms with Gasteiger partial charge in [-0.15, -0.1) is 0 Å². The summed E-state index contributed by atoms with van der Waals surface area (Å²) in [4.78, 5) is 60.9. The maximum absolute atomic E-state index is 15.2. The monoisotopic (exact) mass is 1680 g/mol. The fourth-order valence-electron chi connectivity index (χ4n) is 15.0. The Labute approximate surface area is 723 Å². The van der Waals surface area contributed by atoms with Crippen LogP contribution in [0.2, 0.25) is 0 Å². The van der Waals surface area contributed by atoms with Crippen molar-refractivity contribution in [2.75, 3.05) is 33.5 Å². The topological polar surface area (TPSA) is 228 Å². The number of rotatable bonds is 43. The Kier molecular flexibility index (Phi) is 34.0. The van der Waals surface area contributed by atoms with Crippen LogP contribution < -0.4 is 0 Å². The SMILES string of the molecule is COC(=O)[C@H]1O[C@@H](O[C@H]2[C@@H](OCc3ccccc3)[C@@H](COCc3ccccc3)O[C@@H](O[C@H]3[C@H](OCc4ccccc4)[C@@H](OCc4ccccc4)[C@H](OCCCCCN(Cc4ccccc4)C(=O)OCc4ccccc4)O[C@@H]3COCc3ccccc3)[C@@H]2OCc2ccccc2)[C@H](OC(=O)c2ccccc2)[C@@H](OC(=O)c2ccccc2)[C@@H]1OCc1ccccc1. The molecule has 0 aliphatic carbocycles. The van der Waals surface area contributed by atoms with Crippen molar-refractivity contribution in [2.45, 2.75) is 171 Å². The molecule has 3 saturated heterocycles. The molecule has 3 aliphatic heterocycles. The molecule has 0 aromatic heterocycles. The molecule has 11 aromatic carbocycles. The fourth-order valence-corrected chi connectivity index (χ4v) is 15.0. The Balaban J connectivity index is 0.873. The molecular formula is C102H105NO21. The summed E-state index contributed by atoms with van der Waals surface area (Å²) in [5.74, 6) is -2.68. The zero-order chi connectivity index (χ0) is 85.1. The van der Waals surface area contributed by atoms with Crippen LogP contribution in [0.3, 0.4) is 0 Å². The van der Waals surface area contributed by atoms with E-state index in [9.17, 15) is 9.59 Å². The molecule has 3 fully saturated rings. The van der Waals surface area contributed by atoms with Crippen LogP contribution in [-0.4, -0.2) is 154 Å². The summed E-state index contributed by atoms with van der Waals surface area (Å²) >= 11 is 0. The van der Waals surface area contributed by atoms with Crippen LogP contribution in [0.25, 0.3) is 0 Å². The van der Waals surface area contributed by atoms with E-state index in [1.54, 1.807) is 65.6 Å². The molecule has 3 aliphatic rings. The van der Waals surface area contributed by atoms with Crippen LogP contribution in [-0.2, 0) is 145 Å². The first-order valence-electron chi connectivity index (χ1n) is 42.1. The Hall–Kier alpha value is -11.4. The van der Waals surface area contributed by atoms with E-state index in [0.717, 1.165) is 44.5 Å². The molecule has 22 nitrogen and oxygen atoms in total. The van der Waals surface area contributed by atoms with E-state index in [1.807, 2.05) is 273 Å². The van der Waals surface area contributed by atoms with Crippen molar-refractivity contribution in [3.8, 4) is 0 Å². The molecule has 124 heavy (non-hydrogen) atoms. The zero-order valence-electron chi connectivity index (χ0n) is 69.2. The second kappa shape index (κ2) is 47.4. The molecule has 15 atom stereocenters. The highest BCUT2D eigenvalue weighted by Gasteiger charge is 2.60. The van der Waals surface area contributed by atoms with E-state index in [2.05, 4.69) is 0 Å². The highest BCUT2D eigenvalue weighted by molar-refractivity contribution is 5.90. The lowest BCUT2D eigenvalue weighted by molar-refractivity contribution is -0.391. The number of carbonyl (C=O) groups is 4. The maximum Gasteiger partial charge on any atom is 0.410 e. The molecule has 644 valence electrons. The predicted octanol–water partition coefficient (Wildman–Crippen LogP) is 16.9. The number of nitrogens with zero attached hydrogens (tertiary/aromatic N) is 1. The molecule has 1 amide bonds. The largest absolute Gasteiger partial charge is 0.467 e. The Bertz CT molecular complexity index is 4910. The zero-order valence-corrected chi connectivity index (χ0v) is 69.2. The molecule has 22 heteroatoms. The van der Waals surface area contributed by atoms with Gasteiger partial charge in [-0.1, -0.05) is 309 Å². The summed E-state index contributed by atoms with van der Waals surface area (Å²) in [7, 11) is 1.20. The number of hydrogen-bond acceptors (Lipinski definition) is 21. The van der Waals surface area contributed by atoms with Crippen LogP contribution in [0.15, 0.2) is 334 Å². The standard InChI is InChI=1S/C102H105NO21/c1-108-98(106)92-89(114-67-78-48-24-7-25-49-78)91(120-96(104)82-56-32-11-33-57-82)95(121-97(105)83-58-34-12-35-59-83)101(124-92)123-90-86(112-65-76-44-20-5-21-45-76)84(71-109-63-74-40-16-3-17-41-74)119-100(94(90)116-69-80-52-28-9-29-53-80)122-87-85(72-110-64-75-42-18-4-19-43-75)118-99(93(115-68-79-50-26-8-27-51-79)88(87)113-66-77-46-22-6-23-47-77)111-61-37-13-36-60-103(62-73-38-14-2-15-39-73)102(107)117-70-81-54-30-10-31-55-81/h2-12,14-35,38-59,84-95,99-101H,13,36-37,60-72H2,1H3/t84-,85-,86+,87-,88+,89+,90+,91+,92+,93-,94-,95-,99-,100+,101-/m1/s1. The quantitative estimate of drug-likeness (QED) is 0.0196. The Morgan fingerprint density at radius 2 is 0.637 bits per heavy atom. The third-order valence-corrected chi connectivity index (χ3v) is 21.4. The lowest BCUT2D eigenvalue weighted by atomic mass is 9.94. The average Bonchev–Trinajstić information content (AvgIpc) is 0.755. The molecule has 0 bridgehead atoms. The first kappa shape index (κ1) is 88.9. The van der Waals surface area contributed by atoms with Gasteiger partial charge in [0.1, 0.15) is 61.5 Å². The van der Waals surface area contributed by atoms with Crippen molar-refractivity contribution in [2.24, 2.45) is 0 Å². The molecule has 14 rings (SSSR count). The van der Waals surface area contributed by atoms with Gasteiger partial charge in [0, 0.05) is 19.7 Å². The summed E-state index contributed by atoms with van der Waals surface area (Å²) in [6.07, 6.45) is -20.0. The van der Waals surface area contributed by atoms with Crippen molar-refractivity contribution in [1.82, 2.24) is 4.90 Å². The van der Waals surface area contributed by atoms with Gasteiger partial charge in [-0.05, 0) is 93.6 Å². The molecule has 0 saturated carbocycles. The summed E-state index contributed by atoms with van der Waals surface area (Å²) in [6, 6.07) is 103. The van der Waals surface area contributed by atoms with Gasteiger partial charge in [-0.25, -0.2) is 19.2 Å². The number of carbonyl (C=O) groups excluding carboxylic acids is 4. The number of methoxy groups -OCH3 is 1. The number of esters is 3. The summed E-state index contributed by atoms with van der Waals surface area (Å²) in [6.45, 7) is 0.883. The van der Waals surface area contributed by atoms with Crippen LogP contribution in [0, 0.1) is 0 Å². The van der Waals surface area contributed by atoms with Crippen molar-refractivity contribution in [3.05, 3.63) is 395 Å². The molecule has 3 heterocycles. The number of hydrogen-bond donors (Lipinski definition) is 0. The van der Waals surface area contributed by atoms with E-state index in [0.29, 0.717) is 37.9 Å². The van der Waals surface area contributed by atoms with Gasteiger partial charge in [0.2, 0.25) is 0 Å². The van der Waals surface area contributed by atoms with Crippen LogP contribution in [0.4, 0.5) is 4.79 Å². The van der Waals surface area contributed by atoms with E-state index < -0.39 is 116 Å². The first-order chi connectivity index (χ1) is 61.1. The van der Waals surface area contributed by atoms with E-state index in [4.69, 9.17) is 80.5 Å². The summed E-state index contributed by atoms with van der Waals surface area (Å²) < 4.78 is 119. The number of amides is 1. The molecule has 0 radical (unpaired) electrons. The van der Waals surface area contributed by atoms with Crippen LogP contribution in [0.1, 0.15) is 90.0 Å². The number of ether oxygens (including phenoxy) is 17. The molecule has 0 unspecified atom stereocenters. The van der Waals surface area contributed by atoms with Gasteiger partial charge in [-0.2, -0.15) is 0 Å². The number of unbranched alkanes of at least 4 members (excludes halogenated alkanes) is 2. The van der Waals surface area contributed by atoms with Crippen molar-refractivity contribution >= 4 is 24.0 Å². The lowest BCUT2D eigenvalue weighted by Gasteiger charge is -2.51. The van der Waals surface area contributed by atoms with Gasteiger partial charge < -0.3 is 85.4 Å². The lowest BCUT2D eigenvalue weighted by Crippen LogP contribution is -2.68. The molecule has 0 spiro atoms. The van der Waals surface area contributed by atoms with Crippen LogP contribution >= 0.6 is 0 Å². The Morgan fingerprint density at radius 3 is 1.07 bits per heavy atom. The van der Waals surface area contributed by atoms with Crippen molar-refractivity contribution < 1.29 is 99.7 Å². The molecular weight excluding hydrogens is 1580 g/mol. The van der Waals surface area contributed by atoms with E-state index >= 15 is 9.59 Å². The highest BCUT2D eigenvalue weighted by atomic mass is 16.8. The van der Waals surface area contributed by atoms with Gasteiger partial charge in [-0.3, -0.25) is 0 Å². The van der Waals surface area contributed by atoms with Crippen molar-refractivity contribution in [3.63, 3.8) is 0 Å². The van der Waals surface area contributed by atoms with Gasteiger partial charge in [0.25, 0.3) is 0 Å². The minimum Gasteiger partial charge on any atom is -0.467 e. The predicted molar refractivity (Wildman–Crippen MR) is 460 cm³/mol. The minimum atomic E-state index is -1.91. The molecule has 11 aromatic rings. The van der Waals surface area contributed by atoms with E-state index in [1.165, 1.54) is 7.11 Å². The second-order valence-corrected chi connectivity index (χ2v) is 30.4. The molecule has 0 N–H and O–H groups in total. The second-order valence-electron chi connectivity index (χ2n) is 30.4.